The highest BCUT2D eigenvalue weighted by Crippen LogP contribution is 2.34. The highest BCUT2D eigenvalue weighted by molar-refractivity contribution is 8.18. The van der Waals surface area contributed by atoms with Gasteiger partial charge in [0, 0.05) is 20.6 Å². The van der Waals surface area contributed by atoms with Gasteiger partial charge in [0.25, 0.3) is 5.91 Å². The molecule has 3 aromatic rings. The van der Waals surface area contributed by atoms with Gasteiger partial charge < -0.3 is 14.8 Å². The second-order valence-electron chi connectivity index (χ2n) is 7.53. The molecule has 1 saturated heterocycles. The first-order valence-corrected chi connectivity index (χ1v) is 12.7. The number of amides is 1. The fraction of sp³-hybridized carbons (Fsp3) is 0.154. The van der Waals surface area contributed by atoms with Gasteiger partial charge in [-0.2, -0.15) is 0 Å². The Hall–Kier alpha value is -2.64. The molecule has 9 heteroatoms. The number of thioether (sulfide) groups is 1. The van der Waals surface area contributed by atoms with Gasteiger partial charge in [0.15, 0.2) is 16.7 Å². The summed E-state index contributed by atoms with van der Waals surface area (Å²) in [7, 11) is 0. The van der Waals surface area contributed by atoms with Crippen molar-refractivity contribution in [1.82, 2.24) is 5.32 Å². The van der Waals surface area contributed by atoms with Gasteiger partial charge in [0.1, 0.15) is 6.61 Å². The Kier molecular flexibility index (Phi) is 8.29. The average Bonchev–Trinajstić information content (AvgIpc) is 3.16. The molecular weight excluding hydrogens is 527 g/mol. The average molecular weight is 548 g/mol. The van der Waals surface area contributed by atoms with Gasteiger partial charge in [-0.15, -0.1) is 0 Å². The summed E-state index contributed by atoms with van der Waals surface area (Å²) in [6.07, 6.45) is 1.79. The van der Waals surface area contributed by atoms with Crippen LogP contribution in [0.5, 0.6) is 11.5 Å². The number of aliphatic imine (C=N–C) groups is 1. The molecule has 4 rings (SSSR count). The van der Waals surface area contributed by atoms with Crippen molar-refractivity contribution in [3.63, 3.8) is 0 Å². The number of rotatable bonds is 7. The molecule has 0 unspecified atom stereocenters. The van der Waals surface area contributed by atoms with E-state index in [4.69, 9.17) is 44.3 Å². The molecular formula is C26H21Cl3N2O3S. The van der Waals surface area contributed by atoms with Crippen molar-refractivity contribution in [1.29, 1.82) is 0 Å². The van der Waals surface area contributed by atoms with Crippen molar-refractivity contribution in [2.45, 2.75) is 20.5 Å². The first-order valence-electron chi connectivity index (χ1n) is 10.7. The van der Waals surface area contributed by atoms with Crippen LogP contribution in [-0.4, -0.2) is 17.7 Å². The summed E-state index contributed by atoms with van der Waals surface area (Å²) in [6.45, 7) is 4.51. The van der Waals surface area contributed by atoms with Crippen LogP contribution < -0.4 is 14.8 Å². The van der Waals surface area contributed by atoms with Crippen LogP contribution in [0.25, 0.3) is 6.08 Å². The second-order valence-corrected chi connectivity index (χ2v) is 9.81. The van der Waals surface area contributed by atoms with E-state index in [1.54, 1.807) is 24.3 Å². The highest BCUT2D eigenvalue weighted by atomic mass is 35.5. The van der Waals surface area contributed by atoms with E-state index in [1.165, 1.54) is 11.8 Å². The number of nitrogens with zero attached hydrogens (tertiary/aromatic N) is 1. The van der Waals surface area contributed by atoms with Gasteiger partial charge in [0.05, 0.1) is 17.2 Å². The SMILES string of the molecule is CCOc1cc(/C=C2/SC(=Nc3cccc(Cl)c3C)NC2=O)ccc1OCc1ccc(Cl)cc1Cl. The van der Waals surface area contributed by atoms with Crippen molar-refractivity contribution in [3.05, 3.63) is 91.3 Å². The van der Waals surface area contributed by atoms with Gasteiger partial charge in [-0.25, -0.2) is 4.99 Å². The molecule has 1 amide bonds. The smallest absolute Gasteiger partial charge is 0.264 e. The topological polar surface area (TPSA) is 59.9 Å². The van der Waals surface area contributed by atoms with Gasteiger partial charge in [0.2, 0.25) is 0 Å². The second kappa shape index (κ2) is 11.4. The third-order valence-electron chi connectivity index (χ3n) is 5.08. The Morgan fingerprint density at radius 3 is 2.60 bits per heavy atom. The number of benzene rings is 3. The number of amidine groups is 1. The zero-order chi connectivity index (χ0) is 24.9. The quantitative estimate of drug-likeness (QED) is 0.306. The lowest BCUT2D eigenvalue weighted by Gasteiger charge is -2.13. The van der Waals surface area contributed by atoms with E-state index in [9.17, 15) is 4.79 Å². The summed E-state index contributed by atoms with van der Waals surface area (Å²) in [4.78, 5) is 17.6. The van der Waals surface area contributed by atoms with Gasteiger partial charge in [-0.1, -0.05) is 53.0 Å². The van der Waals surface area contributed by atoms with Crippen molar-refractivity contribution in [3.8, 4) is 11.5 Å². The summed E-state index contributed by atoms with van der Waals surface area (Å²) in [6, 6.07) is 16.3. The van der Waals surface area contributed by atoms with Crippen LogP contribution in [0.3, 0.4) is 0 Å². The number of hydrogen-bond acceptors (Lipinski definition) is 5. The van der Waals surface area contributed by atoms with E-state index < -0.39 is 0 Å². The van der Waals surface area contributed by atoms with Gasteiger partial charge in [-0.05, 0) is 79.2 Å². The monoisotopic (exact) mass is 546 g/mol. The molecule has 1 aliphatic heterocycles. The Bertz CT molecular complexity index is 1340. The normalized spacial score (nSPS) is 15.5. The van der Waals surface area contributed by atoms with Crippen LogP contribution >= 0.6 is 46.6 Å². The maximum Gasteiger partial charge on any atom is 0.264 e. The lowest BCUT2D eigenvalue weighted by Crippen LogP contribution is -2.19. The van der Waals surface area contributed by atoms with Crippen LogP contribution in [0.2, 0.25) is 15.1 Å². The Morgan fingerprint density at radius 2 is 1.83 bits per heavy atom. The lowest BCUT2D eigenvalue weighted by molar-refractivity contribution is -0.115. The summed E-state index contributed by atoms with van der Waals surface area (Å²) < 4.78 is 11.7. The van der Waals surface area contributed by atoms with Gasteiger partial charge in [-0.3, -0.25) is 4.79 Å². The molecule has 5 nitrogen and oxygen atoms in total. The van der Waals surface area contributed by atoms with Crippen LogP contribution in [-0.2, 0) is 11.4 Å². The summed E-state index contributed by atoms with van der Waals surface area (Å²) in [5, 5.41) is 5.03. The third kappa shape index (κ3) is 6.33. The summed E-state index contributed by atoms with van der Waals surface area (Å²) in [5.74, 6) is 0.921. The van der Waals surface area contributed by atoms with Crippen molar-refractivity contribution < 1.29 is 14.3 Å². The highest BCUT2D eigenvalue weighted by Gasteiger charge is 2.24. The largest absolute Gasteiger partial charge is 0.490 e. The van der Waals surface area contributed by atoms with E-state index in [0.29, 0.717) is 48.9 Å². The number of carbonyl (C=O) groups is 1. The molecule has 1 heterocycles. The number of halogens is 3. The number of nitrogens with one attached hydrogen (secondary N) is 1. The summed E-state index contributed by atoms with van der Waals surface area (Å²) >= 11 is 19.7. The van der Waals surface area contributed by atoms with Crippen molar-refractivity contribution in [2.24, 2.45) is 4.99 Å². The maximum absolute atomic E-state index is 12.5. The Balaban J connectivity index is 1.53. The van der Waals surface area contributed by atoms with Crippen LogP contribution in [0.15, 0.2) is 64.5 Å². The van der Waals surface area contributed by atoms with Crippen LogP contribution in [0.1, 0.15) is 23.6 Å². The number of hydrogen-bond donors (Lipinski definition) is 1. The van der Waals surface area contributed by atoms with E-state index >= 15 is 0 Å². The predicted octanol–water partition coefficient (Wildman–Crippen LogP) is 7.82. The molecule has 1 N–H and O–H groups in total. The molecule has 0 atom stereocenters. The molecule has 0 radical (unpaired) electrons. The molecule has 1 fully saturated rings. The van der Waals surface area contributed by atoms with E-state index in [0.717, 1.165) is 16.7 Å². The number of carbonyl (C=O) groups excluding carboxylic acids is 1. The molecule has 0 saturated carbocycles. The van der Waals surface area contributed by atoms with E-state index in [1.807, 2.05) is 50.2 Å². The lowest BCUT2D eigenvalue weighted by atomic mass is 10.2. The first-order chi connectivity index (χ1) is 16.8. The molecule has 0 spiro atoms. The van der Waals surface area contributed by atoms with E-state index in [2.05, 4.69) is 10.3 Å². The molecule has 0 aliphatic carbocycles. The minimum Gasteiger partial charge on any atom is -0.490 e. The molecule has 35 heavy (non-hydrogen) atoms. The fourth-order valence-corrected chi connectivity index (χ4v) is 4.72. The zero-order valence-corrected chi connectivity index (χ0v) is 22.0. The maximum atomic E-state index is 12.5. The third-order valence-corrected chi connectivity index (χ3v) is 6.98. The van der Waals surface area contributed by atoms with Crippen LogP contribution in [0, 0.1) is 6.92 Å². The molecule has 180 valence electrons. The predicted molar refractivity (Wildman–Crippen MR) is 145 cm³/mol. The molecule has 0 bridgehead atoms. The zero-order valence-electron chi connectivity index (χ0n) is 18.9. The van der Waals surface area contributed by atoms with Crippen LogP contribution in [0.4, 0.5) is 5.69 Å². The molecule has 1 aliphatic rings. The minimum atomic E-state index is -0.218. The summed E-state index contributed by atoms with van der Waals surface area (Å²) in [5.41, 5.74) is 3.17. The van der Waals surface area contributed by atoms with Gasteiger partial charge >= 0.3 is 0 Å². The Labute approximate surface area is 223 Å². The standard InChI is InChI=1S/C26H21Cl3N2O3S/c1-3-33-23-11-16(7-10-22(23)34-14-17-8-9-18(27)13-20(17)29)12-24-25(32)31-26(35-24)30-21-6-4-5-19(28)15(21)2/h4-13H,3,14H2,1-2H3,(H,30,31,32)/b24-12+. The molecule has 3 aromatic carbocycles. The Morgan fingerprint density at radius 1 is 1.00 bits per heavy atom. The molecule has 0 aromatic heterocycles. The number of ether oxygens (including phenoxy) is 2. The minimum absolute atomic E-state index is 0.218. The van der Waals surface area contributed by atoms with Crippen molar-refractivity contribution in [2.75, 3.05) is 6.61 Å². The van der Waals surface area contributed by atoms with E-state index in [-0.39, 0.29) is 12.5 Å². The van der Waals surface area contributed by atoms with Crippen molar-refractivity contribution >= 4 is 69.4 Å². The fourth-order valence-electron chi connectivity index (χ4n) is 3.25. The first kappa shape index (κ1) is 25.5.